The number of rotatable bonds is 2. The number of carbonyl (C=O) groups excluding carboxylic acids is 1. The van der Waals surface area contributed by atoms with Crippen molar-refractivity contribution in [3.63, 3.8) is 0 Å². The van der Waals surface area contributed by atoms with Gasteiger partial charge in [0.15, 0.2) is 11.6 Å². The summed E-state index contributed by atoms with van der Waals surface area (Å²) in [6.07, 6.45) is 0.898. The molecule has 3 nitrogen and oxygen atoms in total. The summed E-state index contributed by atoms with van der Waals surface area (Å²) >= 11 is 0. The van der Waals surface area contributed by atoms with Crippen LogP contribution in [0.3, 0.4) is 0 Å². The van der Waals surface area contributed by atoms with Gasteiger partial charge in [0.25, 0.3) is 5.91 Å². The maximum absolute atomic E-state index is 13.6. The molecule has 1 aromatic rings. The molecule has 2 atom stereocenters. The molecular formula is C14H16F3NO2. The molecular weight excluding hydrogens is 271 g/mol. The normalized spacial score (nSPS) is 20.9. The summed E-state index contributed by atoms with van der Waals surface area (Å²) in [6, 6.07) is 0.956. The Morgan fingerprint density at radius 3 is 2.60 bits per heavy atom. The van der Waals surface area contributed by atoms with E-state index in [9.17, 15) is 23.1 Å². The fraction of sp³-hybridized carbons (Fsp3) is 0.500. The third-order valence-corrected chi connectivity index (χ3v) is 3.67. The smallest absolute Gasteiger partial charge is 0.256 e. The fourth-order valence-electron chi connectivity index (χ4n) is 2.44. The zero-order valence-electron chi connectivity index (χ0n) is 11.1. The molecule has 2 rings (SSSR count). The van der Waals surface area contributed by atoms with Crippen LogP contribution in [0.15, 0.2) is 12.1 Å². The number of carbonyl (C=O) groups is 1. The lowest BCUT2D eigenvalue weighted by Gasteiger charge is -2.34. The van der Waals surface area contributed by atoms with Gasteiger partial charge in [0.05, 0.1) is 11.7 Å². The van der Waals surface area contributed by atoms with Crippen molar-refractivity contribution in [3.8, 4) is 0 Å². The Morgan fingerprint density at radius 2 is 1.95 bits per heavy atom. The highest BCUT2D eigenvalue weighted by Crippen LogP contribution is 2.23. The summed E-state index contributed by atoms with van der Waals surface area (Å²) in [5.74, 6) is -4.40. The molecule has 1 aliphatic rings. The van der Waals surface area contributed by atoms with E-state index in [1.54, 1.807) is 6.92 Å². The van der Waals surface area contributed by atoms with Crippen LogP contribution in [0.25, 0.3) is 0 Å². The Labute approximate surface area is 115 Å². The minimum Gasteiger partial charge on any atom is -0.393 e. The third kappa shape index (κ3) is 2.95. The van der Waals surface area contributed by atoms with Crippen molar-refractivity contribution in [1.82, 2.24) is 4.90 Å². The quantitative estimate of drug-likeness (QED) is 0.848. The van der Waals surface area contributed by atoms with E-state index >= 15 is 0 Å². The second-order valence-corrected chi connectivity index (χ2v) is 5.14. The van der Waals surface area contributed by atoms with Crippen molar-refractivity contribution in [1.29, 1.82) is 0 Å². The van der Waals surface area contributed by atoms with Crippen LogP contribution in [-0.4, -0.2) is 35.1 Å². The number of piperidine rings is 1. The second kappa shape index (κ2) is 5.83. The van der Waals surface area contributed by atoms with Gasteiger partial charge in [-0.3, -0.25) is 4.79 Å². The number of halogens is 3. The number of hydrogen-bond donors (Lipinski definition) is 1. The number of amides is 1. The van der Waals surface area contributed by atoms with Crippen molar-refractivity contribution in [3.05, 3.63) is 35.1 Å². The number of likely N-dealkylation sites (tertiary alicyclic amines) is 1. The fourth-order valence-corrected chi connectivity index (χ4v) is 2.44. The van der Waals surface area contributed by atoms with Gasteiger partial charge in [-0.05, 0) is 25.8 Å². The highest BCUT2D eigenvalue weighted by molar-refractivity contribution is 5.94. The van der Waals surface area contributed by atoms with Gasteiger partial charge in [0.2, 0.25) is 0 Å². The highest BCUT2D eigenvalue weighted by Gasteiger charge is 2.29. The molecule has 0 radical (unpaired) electrons. The molecule has 1 fully saturated rings. The van der Waals surface area contributed by atoms with E-state index in [0.29, 0.717) is 25.1 Å². The van der Waals surface area contributed by atoms with Gasteiger partial charge >= 0.3 is 0 Å². The van der Waals surface area contributed by atoms with Crippen LogP contribution in [0.4, 0.5) is 13.2 Å². The molecule has 0 spiro atoms. The third-order valence-electron chi connectivity index (χ3n) is 3.67. The van der Waals surface area contributed by atoms with Crippen LogP contribution in [-0.2, 0) is 0 Å². The zero-order valence-corrected chi connectivity index (χ0v) is 11.1. The van der Waals surface area contributed by atoms with Crippen LogP contribution in [0.5, 0.6) is 0 Å². The largest absolute Gasteiger partial charge is 0.393 e. The Balaban J connectivity index is 2.21. The van der Waals surface area contributed by atoms with E-state index in [0.717, 1.165) is 6.42 Å². The van der Waals surface area contributed by atoms with Gasteiger partial charge in [-0.2, -0.15) is 0 Å². The van der Waals surface area contributed by atoms with E-state index < -0.39 is 35.0 Å². The van der Waals surface area contributed by atoms with Crippen molar-refractivity contribution in [2.75, 3.05) is 13.1 Å². The lowest BCUT2D eigenvalue weighted by Crippen LogP contribution is -2.43. The average molecular weight is 287 g/mol. The molecule has 2 unspecified atom stereocenters. The SMILES string of the molecule is CC(O)C1CCCN(C(=O)c2cc(F)c(F)cc2F)C1. The number of aliphatic hydroxyl groups is 1. The van der Waals surface area contributed by atoms with Crippen LogP contribution in [0, 0.1) is 23.4 Å². The molecule has 1 saturated heterocycles. The monoisotopic (exact) mass is 287 g/mol. The maximum atomic E-state index is 13.6. The Bertz CT molecular complexity index is 519. The molecule has 0 bridgehead atoms. The molecule has 6 heteroatoms. The predicted molar refractivity (Wildman–Crippen MR) is 66.6 cm³/mol. The lowest BCUT2D eigenvalue weighted by atomic mass is 9.93. The highest BCUT2D eigenvalue weighted by atomic mass is 19.2. The molecule has 20 heavy (non-hydrogen) atoms. The minimum absolute atomic E-state index is 0.0824. The summed E-state index contributed by atoms with van der Waals surface area (Å²) in [5, 5.41) is 9.56. The van der Waals surface area contributed by atoms with Gasteiger partial charge in [-0.25, -0.2) is 13.2 Å². The summed E-state index contributed by atoms with van der Waals surface area (Å²) in [5.41, 5.74) is -0.477. The lowest BCUT2D eigenvalue weighted by molar-refractivity contribution is 0.0462. The molecule has 1 heterocycles. The molecule has 1 N–H and O–H groups in total. The predicted octanol–water partition coefficient (Wildman–Crippen LogP) is 2.34. The van der Waals surface area contributed by atoms with E-state index in [1.807, 2.05) is 0 Å². The molecule has 1 aromatic carbocycles. The number of benzene rings is 1. The van der Waals surface area contributed by atoms with Gasteiger partial charge in [-0.1, -0.05) is 0 Å². The van der Waals surface area contributed by atoms with E-state index in [2.05, 4.69) is 0 Å². The Morgan fingerprint density at radius 1 is 1.30 bits per heavy atom. The molecule has 0 aliphatic carbocycles. The first-order valence-corrected chi connectivity index (χ1v) is 6.52. The first-order valence-electron chi connectivity index (χ1n) is 6.52. The van der Waals surface area contributed by atoms with E-state index in [1.165, 1.54) is 4.90 Å². The van der Waals surface area contributed by atoms with Crippen LogP contribution < -0.4 is 0 Å². The minimum atomic E-state index is -1.32. The van der Waals surface area contributed by atoms with Crippen molar-refractivity contribution in [2.24, 2.45) is 5.92 Å². The number of nitrogens with zero attached hydrogens (tertiary/aromatic N) is 1. The van der Waals surface area contributed by atoms with E-state index in [4.69, 9.17) is 0 Å². The first kappa shape index (κ1) is 14.8. The topological polar surface area (TPSA) is 40.5 Å². The summed E-state index contributed by atoms with van der Waals surface area (Å²) in [7, 11) is 0. The standard InChI is InChI=1S/C14H16F3NO2/c1-8(19)9-3-2-4-18(7-9)14(20)10-5-12(16)13(17)6-11(10)15/h5-6,8-9,19H,2-4,7H2,1H3. The summed E-state index contributed by atoms with van der Waals surface area (Å²) in [4.78, 5) is 13.5. The van der Waals surface area contributed by atoms with Crippen LogP contribution >= 0.6 is 0 Å². The van der Waals surface area contributed by atoms with Gasteiger partial charge < -0.3 is 10.0 Å². The van der Waals surface area contributed by atoms with Gasteiger partial charge in [0, 0.05) is 25.1 Å². The van der Waals surface area contributed by atoms with E-state index in [-0.39, 0.29) is 12.5 Å². The molecule has 110 valence electrons. The van der Waals surface area contributed by atoms with Crippen molar-refractivity contribution in [2.45, 2.75) is 25.9 Å². The Hall–Kier alpha value is -1.56. The van der Waals surface area contributed by atoms with Crippen molar-refractivity contribution >= 4 is 5.91 Å². The molecule has 1 amide bonds. The van der Waals surface area contributed by atoms with Gasteiger partial charge in [-0.15, -0.1) is 0 Å². The summed E-state index contributed by atoms with van der Waals surface area (Å²) in [6.45, 7) is 2.34. The van der Waals surface area contributed by atoms with Crippen LogP contribution in [0.1, 0.15) is 30.1 Å². The zero-order chi connectivity index (χ0) is 14.9. The van der Waals surface area contributed by atoms with Gasteiger partial charge in [0.1, 0.15) is 5.82 Å². The molecule has 0 saturated carbocycles. The first-order chi connectivity index (χ1) is 9.40. The Kier molecular flexibility index (Phi) is 4.32. The summed E-state index contributed by atoms with van der Waals surface area (Å²) < 4.78 is 39.6. The van der Waals surface area contributed by atoms with Crippen LogP contribution in [0.2, 0.25) is 0 Å². The molecule has 0 aromatic heterocycles. The maximum Gasteiger partial charge on any atom is 0.256 e. The second-order valence-electron chi connectivity index (χ2n) is 5.14. The molecule has 1 aliphatic heterocycles. The average Bonchev–Trinajstić information content (AvgIpc) is 2.42. The van der Waals surface area contributed by atoms with Crippen molar-refractivity contribution < 1.29 is 23.1 Å². The number of aliphatic hydroxyl groups excluding tert-OH is 1. The number of hydrogen-bond acceptors (Lipinski definition) is 2.